The molecule has 0 saturated carbocycles. The van der Waals surface area contributed by atoms with Gasteiger partial charge in [-0.1, -0.05) is 6.07 Å². The zero-order chi connectivity index (χ0) is 18.8. The van der Waals surface area contributed by atoms with Crippen molar-refractivity contribution in [3.8, 4) is 34.5 Å². The Morgan fingerprint density at radius 1 is 1.00 bits per heavy atom. The van der Waals surface area contributed by atoms with Crippen LogP contribution >= 0.6 is 0 Å². The van der Waals surface area contributed by atoms with E-state index in [0.717, 1.165) is 0 Å². The summed E-state index contributed by atoms with van der Waals surface area (Å²) in [6, 6.07) is 6.65. The van der Waals surface area contributed by atoms with Crippen LogP contribution in [0.15, 0.2) is 24.3 Å². The lowest BCUT2D eigenvalue weighted by Gasteiger charge is -2.29. The number of phenols is 1. The zero-order valence-corrected chi connectivity index (χ0v) is 15.0. The minimum atomic E-state index is -0.665. The normalized spacial score (nSPS) is 15.7. The first-order chi connectivity index (χ1) is 12.5. The van der Waals surface area contributed by atoms with Gasteiger partial charge < -0.3 is 28.8 Å². The number of Topliss-reactive ketones (excluding diaryl/α,β-unsaturated/α-hetero) is 1. The standard InChI is InChI=1S/C19H20O7/c1-22-12-6-5-7-13(23-2)17(12)14-8-10(20)16-11(21)9-15(24-3)18(25-4)19(16)26-14/h5-7,9,14,21H,8H2,1-4H3. The lowest BCUT2D eigenvalue weighted by atomic mass is 9.94. The number of methoxy groups -OCH3 is 4. The Morgan fingerprint density at radius 3 is 2.15 bits per heavy atom. The lowest BCUT2D eigenvalue weighted by molar-refractivity contribution is 0.0829. The Kier molecular flexibility index (Phi) is 4.79. The van der Waals surface area contributed by atoms with Gasteiger partial charge in [0.15, 0.2) is 17.3 Å². The largest absolute Gasteiger partial charge is 0.507 e. The van der Waals surface area contributed by atoms with Crippen molar-refractivity contribution in [2.75, 3.05) is 28.4 Å². The molecule has 3 rings (SSSR count). The van der Waals surface area contributed by atoms with Crippen molar-refractivity contribution in [3.63, 3.8) is 0 Å². The van der Waals surface area contributed by atoms with Crippen molar-refractivity contribution >= 4 is 5.78 Å². The molecule has 0 aliphatic carbocycles. The van der Waals surface area contributed by atoms with Gasteiger partial charge >= 0.3 is 0 Å². The highest BCUT2D eigenvalue weighted by Crippen LogP contribution is 2.51. The van der Waals surface area contributed by atoms with Gasteiger partial charge in [-0.3, -0.25) is 4.79 Å². The summed E-state index contributed by atoms with van der Waals surface area (Å²) in [4.78, 5) is 12.7. The molecule has 1 aliphatic rings. The fourth-order valence-corrected chi connectivity index (χ4v) is 3.14. The molecule has 1 unspecified atom stereocenters. The molecule has 138 valence electrons. The predicted molar refractivity (Wildman–Crippen MR) is 93.1 cm³/mol. The van der Waals surface area contributed by atoms with Crippen molar-refractivity contribution in [1.82, 2.24) is 0 Å². The van der Waals surface area contributed by atoms with E-state index in [0.29, 0.717) is 17.1 Å². The fraction of sp³-hybridized carbons (Fsp3) is 0.316. The third kappa shape index (κ3) is 2.75. The van der Waals surface area contributed by atoms with Crippen LogP contribution in [0.2, 0.25) is 0 Å². The Bertz CT molecular complexity index is 822. The molecule has 0 aromatic heterocycles. The number of hydrogen-bond acceptors (Lipinski definition) is 7. The molecular formula is C19H20O7. The molecule has 26 heavy (non-hydrogen) atoms. The quantitative estimate of drug-likeness (QED) is 0.877. The average molecular weight is 360 g/mol. The van der Waals surface area contributed by atoms with Gasteiger partial charge in [-0.15, -0.1) is 0 Å². The van der Waals surface area contributed by atoms with Crippen LogP contribution in [0.4, 0.5) is 0 Å². The molecule has 0 saturated heterocycles. The third-order valence-electron chi connectivity index (χ3n) is 4.30. The van der Waals surface area contributed by atoms with Crippen LogP contribution in [-0.2, 0) is 0 Å². The molecule has 1 heterocycles. The van der Waals surface area contributed by atoms with E-state index in [9.17, 15) is 9.90 Å². The summed E-state index contributed by atoms with van der Waals surface area (Å²) in [5, 5.41) is 10.2. The van der Waals surface area contributed by atoms with Gasteiger partial charge in [0.2, 0.25) is 5.75 Å². The number of carbonyl (C=O) groups is 1. The summed E-state index contributed by atoms with van der Waals surface area (Å²) >= 11 is 0. The van der Waals surface area contributed by atoms with E-state index < -0.39 is 6.10 Å². The monoisotopic (exact) mass is 360 g/mol. The molecule has 1 aliphatic heterocycles. The van der Waals surface area contributed by atoms with Gasteiger partial charge in [0, 0.05) is 6.07 Å². The third-order valence-corrected chi connectivity index (χ3v) is 4.30. The van der Waals surface area contributed by atoms with Crippen LogP contribution in [0.3, 0.4) is 0 Å². The number of phenolic OH excluding ortho intramolecular Hbond substituents is 1. The second-order valence-corrected chi connectivity index (χ2v) is 5.65. The van der Waals surface area contributed by atoms with Crippen molar-refractivity contribution < 1.29 is 33.6 Å². The first-order valence-corrected chi connectivity index (χ1v) is 7.94. The SMILES string of the molecule is COc1cc(O)c2c(c1OC)OC(c1c(OC)cccc1OC)CC2=O. The molecule has 1 N–H and O–H groups in total. The highest BCUT2D eigenvalue weighted by molar-refractivity contribution is 6.04. The van der Waals surface area contributed by atoms with Gasteiger partial charge in [0.05, 0.1) is 40.4 Å². The van der Waals surface area contributed by atoms with Crippen LogP contribution < -0.4 is 23.7 Å². The smallest absolute Gasteiger partial charge is 0.204 e. The summed E-state index contributed by atoms with van der Waals surface area (Å²) in [6.45, 7) is 0. The van der Waals surface area contributed by atoms with E-state index in [1.54, 1.807) is 18.2 Å². The van der Waals surface area contributed by atoms with Crippen LogP contribution in [0.5, 0.6) is 34.5 Å². The van der Waals surface area contributed by atoms with Gasteiger partial charge in [-0.05, 0) is 12.1 Å². The highest BCUT2D eigenvalue weighted by Gasteiger charge is 2.37. The van der Waals surface area contributed by atoms with Crippen LogP contribution in [0.1, 0.15) is 28.4 Å². The topological polar surface area (TPSA) is 83.5 Å². The number of aromatic hydroxyl groups is 1. The van der Waals surface area contributed by atoms with E-state index in [1.807, 2.05) is 0 Å². The number of fused-ring (bicyclic) bond motifs is 1. The van der Waals surface area contributed by atoms with Crippen molar-refractivity contribution in [2.45, 2.75) is 12.5 Å². The number of ether oxygens (including phenoxy) is 5. The Hall–Kier alpha value is -3.09. The first kappa shape index (κ1) is 17.7. The Balaban J connectivity index is 2.17. The van der Waals surface area contributed by atoms with Crippen molar-refractivity contribution in [2.24, 2.45) is 0 Å². The second kappa shape index (κ2) is 7.03. The lowest BCUT2D eigenvalue weighted by Crippen LogP contribution is -2.22. The van der Waals surface area contributed by atoms with Gasteiger partial charge in [-0.25, -0.2) is 0 Å². The molecule has 0 bridgehead atoms. The molecular weight excluding hydrogens is 340 g/mol. The second-order valence-electron chi connectivity index (χ2n) is 5.65. The van der Waals surface area contributed by atoms with Gasteiger partial charge in [0.25, 0.3) is 0 Å². The summed E-state index contributed by atoms with van der Waals surface area (Å²) < 4.78 is 27.5. The Labute approximate surface area is 151 Å². The first-order valence-electron chi connectivity index (χ1n) is 7.94. The number of ketones is 1. The summed E-state index contributed by atoms with van der Waals surface area (Å²) in [6.07, 6.45) is -0.645. The predicted octanol–water partition coefficient (Wildman–Crippen LogP) is 3.13. The number of hydrogen-bond donors (Lipinski definition) is 1. The maximum atomic E-state index is 12.7. The van der Waals surface area contributed by atoms with Crippen molar-refractivity contribution in [1.29, 1.82) is 0 Å². The van der Waals surface area contributed by atoms with E-state index in [4.69, 9.17) is 23.7 Å². The average Bonchev–Trinajstić information content (AvgIpc) is 2.66. The molecule has 0 spiro atoms. The van der Waals surface area contributed by atoms with Gasteiger partial charge in [-0.2, -0.15) is 0 Å². The van der Waals surface area contributed by atoms with E-state index in [1.165, 1.54) is 34.5 Å². The van der Waals surface area contributed by atoms with E-state index in [2.05, 4.69) is 0 Å². The van der Waals surface area contributed by atoms with Crippen molar-refractivity contribution in [3.05, 3.63) is 35.4 Å². The number of rotatable bonds is 5. The van der Waals surface area contributed by atoms with Crippen LogP contribution in [-0.4, -0.2) is 39.3 Å². The summed E-state index contributed by atoms with van der Waals surface area (Å²) in [5.41, 5.74) is 0.689. The van der Waals surface area contributed by atoms with Gasteiger partial charge in [0.1, 0.15) is 28.9 Å². The summed E-state index contributed by atoms with van der Waals surface area (Å²) in [5.74, 6) is 1.24. The number of benzene rings is 2. The van der Waals surface area contributed by atoms with Crippen LogP contribution in [0, 0.1) is 0 Å². The molecule has 0 amide bonds. The fourth-order valence-electron chi connectivity index (χ4n) is 3.14. The molecule has 0 fully saturated rings. The molecule has 2 aromatic carbocycles. The minimum Gasteiger partial charge on any atom is -0.507 e. The van der Waals surface area contributed by atoms with Crippen LogP contribution in [0.25, 0.3) is 0 Å². The minimum absolute atomic E-state index is 0.0206. The van der Waals surface area contributed by atoms with E-state index in [-0.39, 0.29) is 40.8 Å². The molecule has 7 nitrogen and oxygen atoms in total. The maximum absolute atomic E-state index is 12.7. The molecule has 7 heteroatoms. The molecule has 2 aromatic rings. The molecule has 1 atom stereocenters. The highest BCUT2D eigenvalue weighted by atomic mass is 16.5. The Morgan fingerprint density at radius 2 is 1.62 bits per heavy atom. The molecule has 0 radical (unpaired) electrons. The zero-order valence-electron chi connectivity index (χ0n) is 15.0. The maximum Gasteiger partial charge on any atom is 0.204 e. The van der Waals surface area contributed by atoms with E-state index >= 15 is 0 Å². The summed E-state index contributed by atoms with van der Waals surface area (Å²) in [7, 11) is 5.95. The number of carbonyl (C=O) groups excluding carboxylic acids is 1.